The number of hydrogen-bond acceptors (Lipinski definition) is 4. The molecule has 0 saturated heterocycles. The van der Waals surface area contributed by atoms with Crippen LogP contribution in [0.4, 0.5) is 11.4 Å². The molecule has 4 bridgehead atoms. The van der Waals surface area contributed by atoms with Crippen LogP contribution in [0.5, 0.6) is 0 Å². The Balaban J connectivity index is 1.28. The average molecular weight is 432 g/mol. The number of fused-ring (bicyclic) bond motifs is 4. The van der Waals surface area contributed by atoms with Gasteiger partial charge in [-0.25, -0.2) is 9.59 Å². The largest absolute Gasteiger partial charge is 0.478 e. The molecule has 0 spiro atoms. The van der Waals surface area contributed by atoms with Crippen LogP contribution >= 0.6 is 0 Å². The molecule has 0 heterocycles. The summed E-state index contributed by atoms with van der Waals surface area (Å²) >= 11 is 0. The zero-order valence-corrected chi connectivity index (χ0v) is 16.9. The van der Waals surface area contributed by atoms with E-state index < -0.39 is 23.8 Å². The lowest BCUT2D eigenvalue weighted by molar-refractivity contribution is -0.134. The van der Waals surface area contributed by atoms with Crippen LogP contribution in [-0.2, 0) is 19.2 Å². The average Bonchev–Trinajstić information content (AvgIpc) is 3.54. The Hall–Kier alpha value is -3.94. The number of carboxylic acid groups (broad SMARTS) is 2. The van der Waals surface area contributed by atoms with Crippen molar-refractivity contribution in [2.45, 2.75) is 12.8 Å². The van der Waals surface area contributed by atoms with Gasteiger partial charge in [0.2, 0.25) is 0 Å². The summed E-state index contributed by atoms with van der Waals surface area (Å²) in [7, 11) is 0. The molecule has 1 aromatic rings. The van der Waals surface area contributed by atoms with Crippen molar-refractivity contribution in [3.8, 4) is 0 Å². The van der Waals surface area contributed by atoms with Crippen LogP contribution in [0.25, 0.3) is 0 Å². The Morgan fingerprint density at radius 2 is 0.906 bits per heavy atom. The number of amides is 2. The molecule has 0 aromatic heterocycles. The quantitative estimate of drug-likeness (QED) is 0.511. The number of carbonyl (C=O) groups excluding carboxylic acids is 2. The second-order valence-corrected chi connectivity index (χ2v) is 8.42. The van der Waals surface area contributed by atoms with Gasteiger partial charge < -0.3 is 20.8 Å². The Morgan fingerprint density at radius 1 is 0.594 bits per heavy atom. The molecule has 2 amide bonds. The highest BCUT2D eigenvalue weighted by atomic mass is 16.4. The third-order valence-corrected chi connectivity index (χ3v) is 6.58. The van der Waals surface area contributed by atoms with Gasteiger partial charge >= 0.3 is 11.9 Å². The highest BCUT2D eigenvalue weighted by molar-refractivity contribution is 6.12. The molecule has 4 N–H and O–H groups in total. The molecule has 0 unspecified atom stereocenters. The predicted octanol–water partition coefficient (Wildman–Crippen LogP) is 2.74. The Kier molecular flexibility index (Phi) is 4.58. The summed E-state index contributed by atoms with van der Waals surface area (Å²) in [5.41, 5.74) is 1.82. The van der Waals surface area contributed by atoms with Gasteiger partial charge in [0.15, 0.2) is 0 Å². The van der Waals surface area contributed by atoms with Crippen molar-refractivity contribution in [2.75, 3.05) is 10.6 Å². The number of carbonyl (C=O) groups is 4. The highest BCUT2D eigenvalue weighted by Crippen LogP contribution is 2.45. The van der Waals surface area contributed by atoms with E-state index in [1.54, 1.807) is 24.3 Å². The van der Waals surface area contributed by atoms with Crippen molar-refractivity contribution >= 4 is 35.1 Å². The first-order valence-corrected chi connectivity index (χ1v) is 10.4. The standard InChI is InChI=1S/C24H20N2O6/c27-21(17-11-1-3-13(9-11)19(17)23(29)30)25-15-5-7-16(8-6-15)26-22(28)18-12-2-4-14(10-12)20(18)24(31)32/h1-8,11-14H,9-10H2,(H,25,27)(H,26,28)(H,29,30)(H,31,32)/t11-,12-,13-,14-/m0/s1. The molecule has 0 aliphatic heterocycles. The molecule has 8 heteroatoms. The van der Waals surface area contributed by atoms with Gasteiger partial charge in [-0.3, -0.25) is 9.59 Å². The molecule has 32 heavy (non-hydrogen) atoms. The second-order valence-electron chi connectivity index (χ2n) is 8.42. The van der Waals surface area contributed by atoms with E-state index in [0.717, 1.165) is 0 Å². The van der Waals surface area contributed by atoms with E-state index in [9.17, 15) is 29.4 Å². The predicted molar refractivity (Wildman–Crippen MR) is 114 cm³/mol. The monoisotopic (exact) mass is 432 g/mol. The maximum atomic E-state index is 12.7. The number of carboxylic acids is 2. The zero-order valence-electron chi connectivity index (χ0n) is 16.9. The maximum absolute atomic E-state index is 12.7. The van der Waals surface area contributed by atoms with Gasteiger partial charge in [0.1, 0.15) is 0 Å². The third-order valence-electron chi connectivity index (χ3n) is 6.58. The van der Waals surface area contributed by atoms with E-state index in [-0.39, 0.29) is 34.8 Å². The first-order chi connectivity index (χ1) is 15.3. The van der Waals surface area contributed by atoms with E-state index >= 15 is 0 Å². The summed E-state index contributed by atoms with van der Waals surface area (Å²) in [5, 5.41) is 24.4. The first kappa shape index (κ1) is 20.0. The fourth-order valence-electron chi connectivity index (χ4n) is 5.22. The van der Waals surface area contributed by atoms with E-state index in [1.807, 2.05) is 24.3 Å². The molecule has 162 valence electrons. The number of allylic oxidation sites excluding steroid dienone is 4. The number of rotatable bonds is 6. The number of anilines is 2. The van der Waals surface area contributed by atoms with Crippen LogP contribution in [0.2, 0.25) is 0 Å². The summed E-state index contributed by atoms with van der Waals surface area (Å²) in [6.45, 7) is 0. The molecular weight excluding hydrogens is 412 g/mol. The maximum Gasteiger partial charge on any atom is 0.332 e. The normalized spacial score (nSPS) is 26.8. The van der Waals surface area contributed by atoms with Gasteiger partial charge in [0.05, 0.1) is 11.1 Å². The van der Waals surface area contributed by atoms with Crippen LogP contribution in [0.3, 0.4) is 0 Å². The van der Waals surface area contributed by atoms with Crippen LogP contribution in [0.1, 0.15) is 12.8 Å². The van der Waals surface area contributed by atoms with E-state index in [0.29, 0.717) is 35.4 Å². The van der Waals surface area contributed by atoms with Crippen molar-refractivity contribution in [2.24, 2.45) is 23.7 Å². The highest BCUT2D eigenvalue weighted by Gasteiger charge is 2.42. The molecule has 1 aromatic carbocycles. The molecule has 0 saturated carbocycles. The lowest BCUT2D eigenvalue weighted by atomic mass is 9.96. The molecule has 5 rings (SSSR count). The molecule has 0 radical (unpaired) electrons. The summed E-state index contributed by atoms with van der Waals surface area (Å²) < 4.78 is 0. The van der Waals surface area contributed by atoms with Gasteiger partial charge in [-0.1, -0.05) is 24.3 Å². The third kappa shape index (κ3) is 3.15. The molecule has 4 aliphatic carbocycles. The summed E-state index contributed by atoms with van der Waals surface area (Å²) in [5.74, 6) is -3.84. The zero-order chi connectivity index (χ0) is 22.6. The number of aliphatic carboxylic acids is 2. The molecule has 4 atom stereocenters. The Labute approximate surface area is 183 Å². The van der Waals surface area contributed by atoms with Crippen molar-refractivity contribution < 1.29 is 29.4 Å². The van der Waals surface area contributed by atoms with Gasteiger partial charge in [0, 0.05) is 46.2 Å². The first-order valence-electron chi connectivity index (χ1n) is 10.4. The fraction of sp³-hybridized carbons (Fsp3) is 0.250. The molecule has 4 aliphatic rings. The minimum atomic E-state index is -1.07. The molecule has 8 nitrogen and oxygen atoms in total. The van der Waals surface area contributed by atoms with Crippen LogP contribution in [0.15, 0.2) is 70.9 Å². The fourth-order valence-corrected chi connectivity index (χ4v) is 5.22. The van der Waals surface area contributed by atoms with Crippen LogP contribution < -0.4 is 10.6 Å². The van der Waals surface area contributed by atoms with Crippen molar-refractivity contribution in [1.82, 2.24) is 0 Å². The summed E-state index contributed by atoms with van der Waals surface area (Å²) in [6.07, 6.45) is 8.63. The number of benzene rings is 1. The Bertz CT molecular complexity index is 1090. The van der Waals surface area contributed by atoms with Gasteiger partial charge in [0.25, 0.3) is 11.8 Å². The van der Waals surface area contributed by atoms with E-state index in [1.165, 1.54) is 0 Å². The van der Waals surface area contributed by atoms with Crippen LogP contribution in [0, 0.1) is 23.7 Å². The molecular formula is C24H20N2O6. The SMILES string of the molecule is O=C(O)C1=C(C(=O)Nc2ccc(NC(=O)C3=C(C(=O)O)[C@H]4C=C[C@H]3C4)cc2)[C@H]2C=C[C@H]1C2. The van der Waals surface area contributed by atoms with Crippen LogP contribution in [-0.4, -0.2) is 34.0 Å². The summed E-state index contributed by atoms with van der Waals surface area (Å²) in [6, 6.07) is 6.41. The van der Waals surface area contributed by atoms with Crippen molar-refractivity contribution in [3.63, 3.8) is 0 Å². The van der Waals surface area contributed by atoms with Gasteiger partial charge in [-0.15, -0.1) is 0 Å². The minimum Gasteiger partial charge on any atom is -0.478 e. The van der Waals surface area contributed by atoms with Gasteiger partial charge in [-0.2, -0.15) is 0 Å². The lowest BCUT2D eigenvalue weighted by Crippen LogP contribution is -2.22. The lowest BCUT2D eigenvalue weighted by Gasteiger charge is -2.15. The topological polar surface area (TPSA) is 133 Å². The van der Waals surface area contributed by atoms with E-state index in [2.05, 4.69) is 10.6 Å². The number of hydrogen-bond donors (Lipinski definition) is 4. The minimum absolute atomic E-state index is 0.154. The number of nitrogens with one attached hydrogen (secondary N) is 2. The smallest absolute Gasteiger partial charge is 0.332 e. The van der Waals surface area contributed by atoms with Crippen molar-refractivity contribution in [3.05, 3.63) is 70.9 Å². The summed E-state index contributed by atoms with van der Waals surface area (Å²) in [4.78, 5) is 48.6. The van der Waals surface area contributed by atoms with Gasteiger partial charge in [-0.05, 0) is 37.1 Å². The molecule has 0 fully saturated rings. The second kappa shape index (κ2) is 7.33. The Morgan fingerprint density at radius 3 is 1.22 bits per heavy atom. The van der Waals surface area contributed by atoms with Crippen molar-refractivity contribution in [1.29, 1.82) is 0 Å². The van der Waals surface area contributed by atoms with E-state index in [4.69, 9.17) is 0 Å².